The molecular formula is C22H32N2O5S. The molecule has 1 aromatic carbocycles. The van der Waals surface area contributed by atoms with Crippen molar-refractivity contribution >= 4 is 15.9 Å². The molecule has 0 radical (unpaired) electrons. The molecule has 3 heterocycles. The van der Waals surface area contributed by atoms with Crippen LogP contribution in [0.4, 0.5) is 0 Å². The lowest BCUT2D eigenvalue weighted by molar-refractivity contribution is -0.0956. The number of carbonyl (C=O) groups is 1. The van der Waals surface area contributed by atoms with E-state index in [1.807, 2.05) is 4.90 Å². The second kappa shape index (κ2) is 8.94. The fraction of sp³-hybridized carbons (Fsp3) is 0.682. The molecule has 8 heteroatoms. The van der Waals surface area contributed by atoms with Crippen LogP contribution in [-0.4, -0.2) is 69.2 Å². The normalized spacial score (nSPS) is 27.5. The second-order valence-electron chi connectivity index (χ2n) is 9.03. The van der Waals surface area contributed by atoms with Crippen LogP contribution in [0.1, 0.15) is 43.5 Å². The number of nitrogens with zero attached hydrogens (tertiary/aromatic N) is 2. The summed E-state index contributed by atoms with van der Waals surface area (Å²) in [6.45, 7) is 7.91. The molecule has 3 aliphatic rings. The maximum Gasteiger partial charge on any atom is 0.253 e. The Kier molecular flexibility index (Phi) is 6.48. The molecule has 2 unspecified atom stereocenters. The van der Waals surface area contributed by atoms with Crippen LogP contribution in [0.2, 0.25) is 0 Å². The third-order valence-electron chi connectivity index (χ3n) is 6.43. The molecule has 0 N–H and O–H groups in total. The number of carbonyl (C=O) groups excluding carboxylic acids is 1. The van der Waals surface area contributed by atoms with E-state index in [0.717, 1.165) is 19.3 Å². The average Bonchev–Trinajstić information content (AvgIpc) is 3.28. The van der Waals surface area contributed by atoms with Crippen LogP contribution in [-0.2, 0) is 19.5 Å². The first-order valence-corrected chi connectivity index (χ1v) is 12.4. The molecule has 3 fully saturated rings. The third-order valence-corrected chi connectivity index (χ3v) is 8.28. The van der Waals surface area contributed by atoms with Crippen LogP contribution in [0, 0.1) is 17.8 Å². The zero-order valence-corrected chi connectivity index (χ0v) is 18.6. The number of sulfonamides is 1. The Morgan fingerprint density at radius 1 is 0.967 bits per heavy atom. The van der Waals surface area contributed by atoms with Gasteiger partial charge in [0.05, 0.1) is 18.1 Å². The number of likely N-dealkylation sites (tertiary alicyclic amines) is 1. The lowest BCUT2D eigenvalue weighted by Crippen LogP contribution is -2.42. The Bertz CT molecular complexity index is 833. The average molecular weight is 437 g/mol. The highest BCUT2D eigenvalue weighted by molar-refractivity contribution is 7.89. The number of hydrogen-bond donors (Lipinski definition) is 0. The largest absolute Gasteiger partial charge is 0.350 e. The number of benzene rings is 1. The molecule has 0 saturated carbocycles. The summed E-state index contributed by atoms with van der Waals surface area (Å²) in [5.74, 6) is 0.990. The van der Waals surface area contributed by atoms with Gasteiger partial charge in [-0.15, -0.1) is 0 Å². The topological polar surface area (TPSA) is 76.2 Å². The molecule has 0 bridgehead atoms. The third kappa shape index (κ3) is 4.56. The summed E-state index contributed by atoms with van der Waals surface area (Å²) in [7, 11) is -3.53. The van der Waals surface area contributed by atoms with Gasteiger partial charge >= 0.3 is 0 Å². The Morgan fingerprint density at radius 2 is 1.53 bits per heavy atom. The molecule has 166 valence electrons. The van der Waals surface area contributed by atoms with E-state index in [1.54, 1.807) is 28.6 Å². The summed E-state index contributed by atoms with van der Waals surface area (Å²) in [6, 6.07) is 6.42. The number of hydrogen-bond acceptors (Lipinski definition) is 5. The zero-order chi connectivity index (χ0) is 21.3. The summed E-state index contributed by atoms with van der Waals surface area (Å²) in [5, 5.41) is 0. The number of amides is 1. The van der Waals surface area contributed by atoms with Gasteiger partial charge in [0.2, 0.25) is 10.0 Å². The molecule has 7 nitrogen and oxygen atoms in total. The minimum absolute atomic E-state index is 0.0501. The van der Waals surface area contributed by atoms with E-state index in [9.17, 15) is 13.2 Å². The molecule has 3 saturated heterocycles. The van der Waals surface area contributed by atoms with Crippen molar-refractivity contribution in [3.8, 4) is 0 Å². The maximum absolute atomic E-state index is 13.0. The van der Waals surface area contributed by atoms with Crippen LogP contribution >= 0.6 is 0 Å². The van der Waals surface area contributed by atoms with E-state index in [2.05, 4.69) is 13.8 Å². The van der Waals surface area contributed by atoms with Gasteiger partial charge < -0.3 is 14.4 Å². The Hall–Kier alpha value is -1.48. The standard InChI is InChI=1S/C22H32N2O5S/c1-16-13-17(2)15-24(14-16)30(26,27)20-5-3-18(4-6-20)21(25)23-9-7-19(8-10-23)22-28-11-12-29-22/h3-6,16-17,19,22H,7-15H2,1-2H3. The van der Waals surface area contributed by atoms with Crippen LogP contribution in [0.3, 0.4) is 0 Å². The predicted molar refractivity (Wildman–Crippen MR) is 112 cm³/mol. The Balaban J connectivity index is 1.39. The van der Waals surface area contributed by atoms with Crippen LogP contribution in [0.15, 0.2) is 29.2 Å². The van der Waals surface area contributed by atoms with Crippen LogP contribution in [0.25, 0.3) is 0 Å². The molecule has 1 amide bonds. The summed E-state index contributed by atoms with van der Waals surface area (Å²) >= 11 is 0. The van der Waals surface area contributed by atoms with Gasteiger partial charge in [-0.3, -0.25) is 4.79 Å². The van der Waals surface area contributed by atoms with Crippen LogP contribution in [0.5, 0.6) is 0 Å². The van der Waals surface area contributed by atoms with Gasteiger partial charge in [0.15, 0.2) is 6.29 Å². The van der Waals surface area contributed by atoms with Gasteiger partial charge in [-0.25, -0.2) is 8.42 Å². The molecule has 0 aromatic heterocycles. The van der Waals surface area contributed by atoms with Crippen LogP contribution < -0.4 is 0 Å². The highest BCUT2D eigenvalue weighted by atomic mass is 32.2. The summed E-state index contributed by atoms with van der Waals surface area (Å²) in [5.41, 5.74) is 0.529. The van der Waals surface area contributed by atoms with E-state index in [1.165, 1.54) is 0 Å². The fourth-order valence-corrected chi connectivity index (χ4v) is 6.61. The first-order valence-electron chi connectivity index (χ1n) is 11.0. The smallest absolute Gasteiger partial charge is 0.253 e. The highest BCUT2D eigenvalue weighted by Crippen LogP contribution is 2.28. The van der Waals surface area contributed by atoms with Gasteiger partial charge in [-0.2, -0.15) is 4.31 Å². The Morgan fingerprint density at radius 3 is 2.10 bits per heavy atom. The molecule has 0 spiro atoms. The van der Waals surface area contributed by atoms with E-state index >= 15 is 0 Å². The van der Waals surface area contributed by atoms with Gasteiger partial charge in [0, 0.05) is 37.7 Å². The van der Waals surface area contributed by atoms with Crippen molar-refractivity contribution in [2.75, 3.05) is 39.4 Å². The number of ether oxygens (including phenoxy) is 2. The lowest BCUT2D eigenvalue weighted by atomic mass is 9.94. The first kappa shape index (κ1) is 21.7. The van der Waals surface area contributed by atoms with Gasteiger partial charge in [-0.05, 0) is 55.4 Å². The zero-order valence-electron chi connectivity index (χ0n) is 17.8. The van der Waals surface area contributed by atoms with Crippen molar-refractivity contribution in [1.82, 2.24) is 9.21 Å². The SMILES string of the molecule is CC1CC(C)CN(S(=O)(=O)c2ccc(C(=O)N3CCC(C4OCCO4)CC3)cc2)C1. The molecule has 2 atom stereocenters. The first-order chi connectivity index (χ1) is 14.3. The summed E-state index contributed by atoms with van der Waals surface area (Å²) < 4.78 is 38.8. The highest BCUT2D eigenvalue weighted by Gasteiger charge is 2.33. The monoisotopic (exact) mass is 436 g/mol. The van der Waals surface area contributed by atoms with Gasteiger partial charge in [0.1, 0.15) is 0 Å². The van der Waals surface area contributed by atoms with E-state index in [-0.39, 0.29) is 17.1 Å². The number of rotatable bonds is 4. The minimum atomic E-state index is -3.53. The van der Waals surface area contributed by atoms with Crippen molar-refractivity contribution in [1.29, 1.82) is 0 Å². The Labute approximate surface area is 179 Å². The summed E-state index contributed by atoms with van der Waals surface area (Å²) in [6.07, 6.45) is 2.63. The second-order valence-corrected chi connectivity index (χ2v) is 11.0. The van der Waals surface area contributed by atoms with Gasteiger partial charge in [0.25, 0.3) is 5.91 Å². The molecule has 3 aliphatic heterocycles. The quantitative estimate of drug-likeness (QED) is 0.725. The van der Waals surface area contributed by atoms with Gasteiger partial charge in [-0.1, -0.05) is 13.8 Å². The van der Waals surface area contributed by atoms with E-state index in [4.69, 9.17) is 9.47 Å². The van der Waals surface area contributed by atoms with Crippen molar-refractivity contribution in [2.24, 2.45) is 17.8 Å². The molecule has 0 aliphatic carbocycles. The molecule has 1 aromatic rings. The minimum Gasteiger partial charge on any atom is -0.350 e. The van der Waals surface area contributed by atoms with Crippen molar-refractivity contribution in [3.63, 3.8) is 0 Å². The summed E-state index contributed by atoms with van der Waals surface area (Å²) in [4.78, 5) is 15.0. The maximum atomic E-state index is 13.0. The lowest BCUT2D eigenvalue weighted by Gasteiger charge is -2.34. The molecular weight excluding hydrogens is 404 g/mol. The van der Waals surface area contributed by atoms with Crippen molar-refractivity contribution in [3.05, 3.63) is 29.8 Å². The van der Waals surface area contributed by atoms with Crippen molar-refractivity contribution in [2.45, 2.75) is 44.3 Å². The molecule has 30 heavy (non-hydrogen) atoms. The van der Waals surface area contributed by atoms with Crippen molar-refractivity contribution < 1.29 is 22.7 Å². The van der Waals surface area contributed by atoms with E-state index in [0.29, 0.717) is 62.7 Å². The number of piperidine rings is 2. The molecule has 4 rings (SSSR count). The van der Waals surface area contributed by atoms with E-state index < -0.39 is 10.0 Å². The fourth-order valence-electron chi connectivity index (χ4n) is 4.93. The predicted octanol–water partition coefficient (Wildman–Crippen LogP) is 2.58.